The molecule has 0 aliphatic carbocycles. The summed E-state index contributed by atoms with van der Waals surface area (Å²) in [7, 11) is 0. The summed E-state index contributed by atoms with van der Waals surface area (Å²) < 4.78 is 7.51. The molecular weight excluding hydrogens is 383 g/mol. The number of carbonyl (C=O) groups excluding carboxylic acids is 1. The Labute approximate surface area is 163 Å². The third-order valence-corrected chi connectivity index (χ3v) is 4.65. The van der Waals surface area contributed by atoms with E-state index in [9.17, 15) is 4.79 Å². The van der Waals surface area contributed by atoms with Gasteiger partial charge >= 0.3 is 5.97 Å². The van der Waals surface area contributed by atoms with Crippen LogP contribution in [-0.4, -0.2) is 15.5 Å². The van der Waals surface area contributed by atoms with Crippen LogP contribution in [0.2, 0.25) is 15.1 Å². The maximum atomic E-state index is 12.2. The Balaban J connectivity index is 2.15. The molecule has 0 aliphatic rings. The van der Waals surface area contributed by atoms with Crippen molar-refractivity contribution < 1.29 is 9.53 Å². The van der Waals surface area contributed by atoms with E-state index in [4.69, 9.17) is 39.5 Å². The van der Waals surface area contributed by atoms with E-state index in [0.29, 0.717) is 33.6 Å². The number of hydrogen-bond acceptors (Lipinski definition) is 3. The van der Waals surface area contributed by atoms with Gasteiger partial charge in [0.15, 0.2) is 0 Å². The molecule has 0 radical (unpaired) electrons. The third-order valence-electron chi connectivity index (χ3n) is 3.81. The predicted octanol–water partition coefficient (Wildman–Crippen LogP) is 6.10. The molecular formula is C18H21Cl3N2O2. The molecule has 0 spiro atoms. The highest BCUT2D eigenvalue weighted by Crippen LogP contribution is 2.36. The van der Waals surface area contributed by atoms with Gasteiger partial charge in [-0.15, -0.1) is 0 Å². The number of aromatic nitrogens is 2. The maximum absolute atomic E-state index is 12.2. The summed E-state index contributed by atoms with van der Waals surface area (Å²) in [6.07, 6.45) is 8.93. The summed E-state index contributed by atoms with van der Waals surface area (Å²) in [4.78, 5) is 16.3. The van der Waals surface area contributed by atoms with Crippen molar-refractivity contribution in [3.8, 4) is 0 Å². The predicted molar refractivity (Wildman–Crippen MR) is 101 cm³/mol. The zero-order valence-electron chi connectivity index (χ0n) is 14.1. The summed E-state index contributed by atoms with van der Waals surface area (Å²) in [5, 5.41) is 1.19. The van der Waals surface area contributed by atoms with Gasteiger partial charge < -0.3 is 9.30 Å². The number of carbonyl (C=O) groups is 1. The van der Waals surface area contributed by atoms with E-state index in [1.54, 1.807) is 30.9 Å². The van der Waals surface area contributed by atoms with E-state index < -0.39 is 6.10 Å². The van der Waals surface area contributed by atoms with E-state index in [0.717, 1.165) is 25.7 Å². The summed E-state index contributed by atoms with van der Waals surface area (Å²) in [6, 6.07) is 3.20. The number of benzene rings is 1. The second kappa shape index (κ2) is 10.0. The molecule has 136 valence electrons. The van der Waals surface area contributed by atoms with Crippen LogP contribution in [0, 0.1) is 0 Å². The average molecular weight is 404 g/mol. The van der Waals surface area contributed by atoms with Crippen LogP contribution in [-0.2, 0) is 16.1 Å². The van der Waals surface area contributed by atoms with Gasteiger partial charge in [0.05, 0.1) is 22.9 Å². The first kappa shape index (κ1) is 20.1. The Morgan fingerprint density at radius 1 is 1.20 bits per heavy atom. The Morgan fingerprint density at radius 3 is 2.52 bits per heavy atom. The van der Waals surface area contributed by atoms with Crippen molar-refractivity contribution in [2.24, 2.45) is 0 Å². The van der Waals surface area contributed by atoms with Crippen LogP contribution >= 0.6 is 34.8 Å². The second-order valence-corrected chi connectivity index (χ2v) is 7.08. The highest BCUT2D eigenvalue weighted by Gasteiger charge is 2.23. The molecule has 1 atom stereocenters. The minimum atomic E-state index is -0.606. The molecule has 0 amide bonds. The molecule has 0 saturated carbocycles. The molecule has 1 unspecified atom stereocenters. The Bertz CT molecular complexity index is 667. The second-order valence-electron chi connectivity index (χ2n) is 5.83. The lowest BCUT2D eigenvalue weighted by Crippen LogP contribution is -2.17. The summed E-state index contributed by atoms with van der Waals surface area (Å²) >= 11 is 18.6. The monoisotopic (exact) mass is 402 g/mol. The molecule has 0 saturated heterocycles. The molecule has 1 aromatic carbocycles. The first-order valence-corrected chi connectivity index (χ1v) is 9.44. The smallest absolute Gasteiger partial charge is 0.306 e. The summed E-state index contributed by atoms with van der Waals surface area (Å²) in [6.45, 7) is 2.51. The lowest BCUT2D eigenvalue weighted by molar-refractivity contribution is -0.150. The number of imidazole rings is 1. The minimum absolute atomic E-state index is 0.261. The number of unbranched alkanes of at least 4 members (excludes halogenated alkanes) is 3. The van der Waals surface area contributed by atoms with Crippen molar-refractivity contribution in [2.45, 2.75) is 51.7 Å². The van der Waals surface area contributed by atoms with E-state index in [1.807, 2.05) is 4.57 Å². The van der Waals surface area contributed by atoms with Gasteiger partial charge in [-0.2, -0.15) is 0 Å². The van der Waals surface area contributed by atoms with Crippen molar-refractivity contribution >= 4 is 40.8 Å². The fraction of sp³-hybridized carbons (Fsp3) is 0.444. The third kappa shape index (κ3) is 6.21. The van der Waals surface area contributed by atoms with Gasteiger partial charge in [0.2, 0.25) is 0 Å². The van der Waals surface area contributed by atoms with Crippen LogP contribution in [0.4, 0.5) is 0 Å². The minimum Gasteiger partial charge on any atom is -0.455 e. The molecule has 1 heterocycles. The van der Waals surface area contributed by atoms with Crippen LogP contribution in [0.1, 0.15) is 50.7 Å². The van der Waals surface area contributed by atoms with Crippen LogP contribution in [0.25, 0.3) is 0 Å². The van der Waals surface area contributed by atoms with E-state index in [2.05, 4.69) is 11.9 Å². The zero-order valence-corrected chi connectivity index (χ0v) is 16.3. The van der Waals surface area contributed by atoms with Gasteiger partial charge in [0.1, 0.15) is 6.10 Å². The molecule has 0 N–H and O–H groups in total. The SMILES string of the molecule is CCCCCCC(=O)OC(Cn1ccnc1)c1c(Cl)cc(Cl)cc1Cl. The quantitative estimate of drug-likeness (QED) is 0.375. The van der Waals surface area contributed by atoms with Gasteiger partial charge in [-0.1, -0.05) is 61.0 Å². The lowest BCUT2D eigenvalue weighted by atomic mass is 10.1. The van der Waals surface area contributed by atoms with Gasteiger partial charge in [-0.05, 0) is 18.6 Å². The normalized spacial score (nSPS) is 12.2. The van der Waals surface area contributed by atoms with Crippen molar-refractivity contribution in [3.05, 3.63) is 51.5 Å². The molecule has 25 heavy (non-hydrogen) atoms. The molecule has 0 bridgehead atoms. The van der Waals surface area contributed by atoms with Crippen molar-refractivity contribution in [1.29, 1.82) is 0 Å². The van der Waals surface area contributed by atoms with Gasteiger partial charge in [0, 0.05) is 29.4 Å². The molecule has 2 aromatic rings. The average Bonchev–Trinajstić information content (AvgIpc) is 3.03. The molecule has 2 rings (SSSR count). The highest BCUT2D eigenvalue weighted by atomic mass is 35.5. The number of hydrogen-bond donors (Lipinski definition) is 0. The first-order chi connectivity index (χ1) is 12.0. The first-order valence-electron chi connectivity index (χ1n) is 8.31. The van der Waals surface area contributed by atoms with Gasteiger partial charge in [-0.3, -0.25) is 4.79 Å². The highest BCUT2D eigenvalue weighted by molar-refractivity contribution is 6.39. The largest absolute Gasteiger partial charge is 0.455 e. The van der Waals surface area contributed by atoms with Gasteiger partial charge in [0.25, 0.3) is 0 Å². The fourth-order valence-corrected chi connectivity index (χ4v) is 3.61. The topological polar surface area (TPSA) is 44.1 Å². The Hall–Kier alpha value is -1.23. The Kier molecular flexibility index (Phi) is 8.07. The summed E-state index contributed by atoms with van der Waals surface area (Å²) in [5.41, 5.74) is 0.559. The Morgan fingerprint density at radius 2 is 1.92 bits per heavy atom. The summed E-state index contributed by atoms with van der Waals surface area (Å²) in [5.74, 6) is -0.261. The van der Waals surface area contributed by atoms with E-state index in [1.165, 1.54) is 0 Å². The maximum Gasteiger partial charge on any atom is 0.306 e. The number of halogens is 3. The van der Waals surface area contributed by atoms with Crippen LogP contribution in [0.5, 0.6) is 0 Å². The standard InChI is InChI=1S/C18H21Cl3N2O2/c1-2-3-4-5-6-17(24)25-16(11-23-8-7-22-12-23)18-14(20)9-13(19)10-15(18)21/h7-10,12,16H,2-6,11H2,1H3. The number of esters is 1. The van der Waals surface area contributed by atoms with E-state index in [-0.39, 0.29) is 5.97 Å². The fourth-order valence-electron chi connectivity index (χ4n) is 2.55. The number of rotatable bonds is 9. The lowest BCUT2D eigenvalue weighted by Gasteiger charge is -2.21. The molecule has 1 aromatic heterocycles. The van der Waals surface area contributed by atoms with E-state index >= 15 is 0 Å². The zero-order chi connectivity index (χ0) is 18.2. The van der Waals surface area contributed by atoms with Crippen LogP contribution in [0.3, 0.4) is 0 Å². The molecule has 0 fully saturated rings. The number of nitrogens with zero attached hydrogens (tertiary/aromatic N) is 2. The van der Waals surface area contributed by atoms with Crippen molar-refractivity contribution in [2.75, 3.05) is 0 Å². The molecule has 4 nitrogen and oxygen atoms in total. The van der Waals surface area contributed by atoms with Crippen LogP contribution in [0.15, 0.2) is 30.9 Å². The van der Waals surface area contributed by atoms with Crippen molar-refractivity contribution in [3.63, 3.8) is 0 Å². The van der Waals surface area contributed by atoms with Crippen LogP contribution < -0.4 is 0 Å². The number of ether oxygens (including phenoxy) is 1. The molecule has 0 aliphatic heterocycles. The van der Waals surface area contributed by atoms with Crippen molar-refractivity contribution in [1.82, 2.24) is 9.55 Å². The van der Waals surface area contributed by atoms with Gasteiger partial charge in [-0.25, -0.2) is 4.98 Å². The molecule has 7 heteroatoms.